The molecule has 0 N–H and O–H groups in total. The molecule has 0 atom stereocenters. The van der Waals surface area contributed by atoms with Crippen molar-refractivity contribution in [2.45, 2.75) is 34.1 Å². The van der Waals surface area contributed by atoms with Gasteiger partial charge in [0.25, 0.3) is 0 Å². The van der Waals surface area contributed by atoms with Crippen molar-refractivity contribution in [1.82, 2.24) is 4.57 Å². The van der Waals surface area contributed by atoms with Crippen LogP contribution >= 0.6 is 0 Å². The van der Waals surface area contributed by atoms with Crippen LogP contribution in [0.25, 0.3) is 11.8 Å². The van der Waals surface area contributed by atoms with E-state index in [4.69, 9.17) is 10.5 Å². The number of nitriles is 2. The van der Waals surface area contributed by atoms with Gasteiger partial charge in [0, 0.05) is 11.4 Å². The third-order valence-corrected chi connectivity index (χ3v) is 3.94. The molecule has 3 heteroatoms. The standard InChI is InChI=1S/C19H19N3/c1-5-17-8-6-7-13(2)19(17)22-14(3)9-18(15(22)4)10-16(11-20)12-21/h6-10H,5H2,1-4H3. The average molecular weight is 289 g/mol. The van der Waals surface area contributed by atoms with E-state index in [1.54, 1.807) is 6.08 Å². The van der Waals surface area contributed by atoms with Gasteiger partial charge in [-0.15, -0.1) is 0 Å². The Balaban J connectivity index is 2.71. The number of hydrogen-bond donors (Lipinski definition) is 0. The number of aryl methyl sites for hydroxylation is 3. The molecule has 0 fully saturated rings. The smallest absolute Gasteiger partial charge is 0.130 e. The lowest BCUT2D eigenvalue weighted by Gasteiger charge is -2.17. The molecular weight excluding hydrogens is 270 g/mol. The van der Waals surface area contributed by atoms with E-state index in [2.05, 4.69) is 43.5 Å². The Morgan fingerprint density at radius 1 is 1.18 bits per heavy atom. The first-order chi connectivity index (χ1) is 10.5. The van der Waals surface area contributed by atoms with Crippen molar-refractivity contribution >= 4 is 6.08 Å². The van der Waals surface area contributed by atoms with E-state index >= 15 is 0 Å². The van der Waals surface area contributed by atoms with Gasteiger partial charge >= 0.3 is 0 Å². The lowest BCUT2D eigenvalue weighted by Crippen LogP contribution is -2.05. The van der Waals surface area contributed by atoms with Gasteiger partial charge in [-0.2, -0.15) is 10.5 Å². The fraction of sp³-hybridized carbons (Fsp3) is 0.263. The molecule has 22 heavy (non-hydrogen) atoms. The molecular formula is C19H19N3. The quantitative estimate of drug-likeness (QED) is 0.786. The van der Waals surface area contributed by atoms with Gasteiger partial charge in [-0.1, -0.05) is 25.1 Å². The number of rotatable bonds is 3. The molecule has 3 nitrogen and oxygen atoms in total. The molecule has 0 amide bonds. The number of nitrogens with zero attached hydrogens (tertiary/aromatic N) is 3. The highest BCUT2D eigenvalue weighted by Crippen LogP contribution is 2.27. The number of allylic oxidation sites excluding steroid dienone is 1. The highest BCUT2D eigenvalue weighted by atomic mass is 15.0. The van der Waals surface area contributed by atoms with Crippen LogP contribution in [0.3, 0.4) is 0 Å². The molecule has 1 aromatic heterocycles. The van der Waals surface area contributed by atoms with Crippen molar-refractivity contribution in [1.29, 1.82) is 10.5 Å². The van der Waals surface area contributed by atoms with Crippen LogP contribution in [-0.4, -0.2) is 4.57 Å². The summed E-state index contributed by atoms with van der Waals surface area (Å²) in [7, 11) is 0. The molecule has 2 aromatic rings. The van der Waals surface area contributed by atoms with E-state index in [1.165, 1.54) is 16.8 Å². The Morgan fingerprint density at radius 3 is 2.45 bits per heavy atom. The summed E-state index contributed by atoms with van der Waals surface area (Å²) in [6.07, 6.45) is 2.61. The summed E-state index contributed by atoms with van der Waals surface area (Å²) >= 11 is 0. The van der Waals surface area contributed by atoms with E-state index < -0.39 is 0 Å². The molecule has 0 saturated heterocycles. The largest absolute Gasteiger partial charge is 0.317 e. The fourth-order valence-electron chi connectivity index (χ4n) is 2.85. The van der Waals surface area contributed by atoms with Gasteiger partial charge in [-0.25, -0.2) is 0 Å². The maximum Gasteiger partial charge on any atom is 0.130 e. The van der Waals surface area contributed by atoms with Gasteiger partial charge < -0.3 is 4.57 Å². The highest BCUT2D eigenvalue weighted by molar-refractivity contribution is 5.66. The zero-order chi connectivity index (χ0) is 16.3. The molecule has 0 aliphatic rings. The van der Waals surface area contributed by atoms with Gasteiger partial charge in [-0.05, 0) is 56.0 Å². The van der Waals surface area contributed by atoms with Crippen LogP contribution in [0.1, 0.15) is 35.0 Å². The van der Waals surface area contributed by atoms with Crippen molar-refractivity contribution in [2.75, 3.05) is 0 Å². The summed E-state index contributed by atoms with van der Waals surface area (Å²) in [5.41, 5.74) is 6.90. The van der Waals surface area contributed by atoms with E-state index in [1.807, 2.05) is 25.1 Å². The molecule has 2 rings (SSSR count). The molecule has 0 radical (unpaired) electrons. The third-order valence-electron chi connectivity index (χ3n) is 3.94. The first-order valence-corrected chi connectivity index (χ1v) is 7.33. The molecule has 0 unspecified atom stereocenters. The third kappa shape index (κ3) is 2.67. The second-order valence-electron chi connectivity index (χ2n) is 5.38. The highest BCUT2D eigenvalue weighted by Gasteiger charge is 2.14. The average Bonchev–Trinajstić information content (AvgIpc) is 2.79. The Labute approximate surface area is 131 Å². The Hall–Kier alpha value is -2.78. The fourth-order valence-corrected chi connectivity index (χ4v) is 2.85. The molecule has 110 valence electrons. The zero-order valence-electron chi connectivity index (χ0n) is 13.4. The second kappa shape index (κ2) is 6.33. The minimum atomic E-state index is 0.126. The normalized spacial score (nSPS) is 9.91. The molecule has 0 saturated carbocycles. The van der Waals surface area contributed by atoms with Crippen LogP contribution in [-0.2, 0) is 6.42 Å². The molecule has 0 aliphatic carbocycles. The minimum absolute atomic E-state index is 0.126. The first kappa shape index (κ1) is 15.6. The summed E-state index contributed by atoms with van der Waals surface area (Å²) in [6, 6.07) is 12.2. The van der Waals surface area contributed by atoms with Crippen molar-refractivity contribution in [2.24, 2.45) is 0 Å². The number of aromatic nitrogens is 1. The molecule has 1 heterocycles. The van der Waals surface area contributed by atoms with Crippen molar-refractivity contribution in [3.05, 3.63) is 57.9 Å². The van der Waals surface area contributed by atoms with Gasteiger partial charge in [0.15, 0.2) is 0 Å². The van der Waals surface area contributed by atoms with E-state index in [0.717, 1.165) is 23.4 Å². The van der Waals surface area contributed by atoms with Gasteiger partial charge in [-0.3, -0.25) is 0 Å². The van der Waals surface area contributed by atoms with Crippen LogP contribution < -0.4 is 0 Å². The van der Waals surface area contributed by atoms with Gasteiger partial charge in [0.2, 0.25) is 0 Å². The molecule has 1 aromatic carbocycles. The topological polar surface area (TPSA) is 52.5 Å². The van der Waals surface area contributed by atoms with Gasteiger partial charge in [0.1, 0.15) is 17.7 Å². The molecule has 0 bridgehead atoms. The minimum Gasteiger partial charge on any atom is -0.317 e. The predicted molar refractivity (Wildman–Crippen MR) is 88.6 cm³/mol. The van der Waals surface area contributed by atoms with Crippen LogP contribution in [0.5, 0.6) is 0 Å². The SMILES string of the molecule is CCc1cccc(C)c1-n1c(C)cc(C=C(C#N)C#N)c1C. The summed E-state index contributed by atoms with van der Waals surface area (Å²) in [4.78, 5) is 0. The van der Waals surface area contributed by atoms with E-state index in [0.29, 0.717) is 0 Å². The van der Waals surface area contributed by atoms with Crippen molar-refractivity contribution in [3.63, 3.8) is 0 Å². The van der Waals surface area contributed by atoms with Crippen LogP contribution in [0.4, 0.5) is 0 Å². The summed E-state index contributed by atoms with van der Waals surface area (Å²) in [5, 5.41) is 17.9. The lowest BCUT2D eigenvalue weighted by molar-refractivity contribution is 0.925. The maximum absolute atomic E-state index is 8.95. The number of hydrogen-bond acceptors (Lipinski definition) is 2. The molecule has 0 aliphatic heterocycles. The van der Waals surface area contributed by atoms with Crippen molar-refractivity contribution in [3.8, 4) is 17.8 Å². The van der Waals surface area contributed by atoms with Gasteiger partial charge in [0.05, 0.1) is 5.69 Å². The predicted octanol–water partition coefficient (Wildman–Crippen LogP) is 4.40. The van der Waals surface area contributed by atoms with Crippen LogP contribution in [0, 0.1) is 43.4 Å². The lowest BCUT2D eigenvalue weighted by atomic mass is 10.1. The Kier molecular flexibility index (Phi) is 4.49. The van der Waals surface area contributed by atoms with E-state index in [-0.39, 0.29) is 5.57 Å². The second-order valence-corrected chi connectivity index (χ2v) is 5.38. The number of benzene rings is 1. The van der Waals surface area contributed by atoms with Crippen molar-refractivity contribution < 1.29 is 0 Å². The summed E-state index contributed by atoms with van der Waals surface area (Å²) in [5.74, 6) is 0. The monoisotopic (exact) mass is 289 g/mol. The zero-order valence-corrected chi connectivity index (χ0v) is 13.4. The Morgan fingerprint density at radius 2 is 1.86 bits per heavy atom. The maximum atomic E-state index is 8.95. The summed E-state index contributed by atoms with van der Waals surface area (Å²) < 4.78 is 2.21. The molecule has 0 spiro atoms. The Bertz CT molecular complexity index is 808. The van der Waals surface area contributed by atoms with E-state index in [9.17, 15) is 0 Å². The van der Waals surface area contributed by atoms with Crippen LogP contribution in [0.2, 0.25) is 0 Å². The summed E-state index contributed by atoms with van der Waals surface area (Å²) in [6.45, 7) is 8.33. The number of para-hydroxylation sites is 1. The van der Waals surface area contributed by atoms with Crippen LogP contribution in [0.15, 0.2) is 29.8 Å². The first-order valence-electron chi connectivity index (χ1n) is 7.33.